The van der Waals surface area contributed by atoms with Crippen molar-refractivity contribution in [1.82, 2.24) is 4.98 Å². The summed E-state index contributed by atoms with van der Waals surface area (Å²) >= 11 is 16.9. The van der Waals surface area contributed by atoms with Gasteiger partial charge in [-0.05, 0) is 26.0 Å². The van der Waals surface area contributed by atoms with Crippen LogP contribution in [-0.2, 0) is 4.79 Å². The molecule has 8 heteroatoms. The van der Waals surface area contributed by atoms with Crippen molar-refractivity contribution in [3.63, 3.8) is 0 Å². The van der Waals surface area contributed by atoms with Crippen LogP contribution in [0, 0.1) is 0 Å². The van der Waals surface area contributed by atoms with E-state index in [2.05, 4.69) is 26.2 Å². The van der Waals surface area contributed by atoms with Gasteiger partial charge in [0.25, 0.3) is 0 Å². The van der Waals surface area contributed by atoms with Crippen LogP contribution in [0.2, 0.25) is 10.0 Å². The number of anilines is 1. The van der Waals surface area contributed by atoms with Gasteiger partial charge in [0.05, 0.1) is 27.2 Å². The Balaban J connectivity index is 2.28. The van der Waals surface area contributed by atoms with Crippen molar-refractivity contribution in [2.75, 3.05) is 10.6 Å². The molecule has 118 valence electrons. The molecule has 0 radical (unpaired) electrons. The lowest BCUT2D eigenvalue weighted by molar-refractivity contribution is -0.113. The fourth-order valence-corrected chi connectivity index (χ4v) is 3.12. The Bertz CT molecular complexity index is 668. The number of carbonyl (C=O) groups is 1. The zero-order chi connectivity index (χ0) is 16.3. The van der Waals surface area contributed by atoms with E-state index in [1.165, 1.54) is 11.3 Å². The van der Waals surface area contributed by atoms with Crippen LogP contribution in [0.25, 0.3) is 11.3 Å². The molecule has 1 aromatic heterocycles. The number of hydrogen-bond donors (Lipinski definition) is 1. The van der Waals surface area contributed by atoms with Crippen molar-refractivity contribution in [2.24, 2.45) is 0 Å². The fourth-order valence-electron chi connectivity index (χ4n) is 1.67. The molecule has 0 saturated heterocycles. The minimum atomic E-state index is -0.155. The minimum Gasteiger partial charge on any atom is -0.488 e. The van der Waals surface area contributed by atoms with E-state index < -0.39 is 0 Å². The molecule has 4 nitrogen and oxygen atoms in total. The van der Waals surface area contributed by atoms with Crippen molar-refractivity contribution in [3.8, 4) is 17.0 Å². The summed E-state index contributed by atoms with van der Waals surface area (Å²) in [6, 6.07) is 3.49. The fraction of sp³-hybridized carbons (Fsp3) is 0.286. The summed E-state index contributed by atoms with van der Waals surface area (Å²) in [5.74, 6) is 0.308. The van der Waals surface area contributed by atoms with Crippen LogP contribution in [0.4, 0.5) is 5.13 Å². The molecule has 0 unspecified atom stereocenters. The third-order valence-corrected chi connectivity index (χ3v) is 4.35. The lowest BCUT2D eigenvalue weighted by Gasteiger charge is -2.13. The van der Waals surface area contributed by atoms with Gasteiger partial charge >= 0.3 is 0 Å². The van der Waals surface area contributed by atoms with Crippen molar-refractivity contribution in [2.45, 2.75) is 20.0 Å². The molecule has 0 fully saturated rings. The number of aromatic nitrogens is 1. The summed E-state index contributed by atoms with van der Waals surface area (Å²) in [4.78, 5) is 15.7. The lowest BCUT2D eigenvalue weighted by atomic mass is 10.1. The molecule has 1 aromatic carbocycles. The largest absolute Gasteiger partial charge is 0.488 e. The van der Waals surface area contributed by atoms with Crippen LogP contribution in [-0.4, -0.2) is 22.3 Å². The topological polar surface area (TPSA) is 51.2 Å². The average Bonchev–Trinajstić information content (AvgIpc) is 2.90. The smallest absolute Gasteiger partial charge is 0.236 e. The zero-order valence-electron chi connectivity index (χ0n) is 11.8. The highest BCUT2D eigenvalue weighted by molar-refractivity contribution is 9.09. The van der Waals surface area contributed by atoms with Gasteiger partial charge in [0, 0.05) is 10.9 Å². The molecule has 0 atom stereocenters. The number of benzene rings is 1. The maximum absolute atomic E-state index is 11.3. The summed E-state index contributed by atoms with van der Waals surface area (Å²) in [6.07, 6.45) is -0.0220. The second-order valence-corrected chi connectivity index (χ2v) is 6.89. The molecule has 0 bridgehead atoms. The number of carbonyl (C=O) groups excluding carboxylic acids is 1. The number of amides is 1. The van der Waals surface area contributed by atoms with Crippen LogP contribution in [0.5, 0.6) is 5.75 Å². The Morgan fingerprint density at radius 2 is 2.05 bits per heavy atom. The molecule has 1 N–H and O–H groups in total. The zero-order valence-corrected chi connectivity index (χ0v) is 15.7. The Labute approximate surface area is 150 Å². The lowest BCUT2D eigenvalue weighted by Crippen LogP contribution is -2.11. The molecule has 0 saturated carbocycles. The van der Waals surface area contributed by atoms with E-state index in [0.717, 1.165) is 5.56 Å². The molecular weight excluding hydrogens is 411 g/mol. The van der Waals surface area contributed by atoms with Gasteiger partial charge in [-0.15, -0.1) is 11.3 Å². The Kier molecular flexibility index (Phi) is 6.09. The number of rotatable bonds is 5. The summed E-state index contributed by atoms with van der Waals surface area (Å²) in [5, 5.41) is 6.11. The van der Waals surface area contributed by atoms with E-state index in [9.17, 15) is 4.79 Å². The Hall–Kier alpha value is -0.820. The summed E-state index contributed by atoms with van der Waals surface area (Å²) < 4.78 is 5.60. The molecule has 0 aliphatic carbocycles. The van der Waals surface area contributed by atoms with Crippen LogP contribution >= 0.6 is 50.5 Å². The molecule has 0 spiro atoms. The first-order chi connectivity index (χ1) is 10.4. The standard InChI is InChI=1S/C14H13BrCl2N2O2S/c1-7(2)21-13-9(16)3-8(4-10(13)17)11-6-22-14(18-11)19-12(20)5-15/h3-4,6-7H,5H2,1-2H3,(H,18,19,20). The number of alkyl halides is 1. The summed E-state index contributed by atoms with van der Waals surface area (Å²) in [6.45, 7) is 3.81. The Morgan fingerprint density at radius 3 is 2.59 bits per heavy atom. The SMILES string of the molecule is CC(C)Oc1c(Cl)cc(-c2csc(NC(=O)CBr)n2)cc1Cl. The number of thiazole rings is 1. The number of ether oxygens (including phenoxy) is 1. The van der Waals surface area contributed by atoms with Crippen LogP contribution in [0.1, 0.15) is 13.8 Å². The predicted octanol–water partition coefficient (Wildman–Crippen LogP) is 5.24. The predicted molar refractivity (Wildman–Crippen MR) is 95.8 cm³/mol. The van der Waals surface area contributed by atoms with Gasteiger partial charge in [0.1, 0.15) is 0 Å². The third kappa shape index (κ3) is 4.35. The van der Waals surface area contributed by atoms with E-state index in [4.69, 9.17) is 27.9 Å². The van der Waals surface area contributed by atoms with Gasteiger partial charge in [-0.1, -0.05) is 39.1 Å². The van der Waals surface area contributed by atoms with Crippen molar-refractivity contribution in [1.29, 1.82) is 0 Å². The van der Waals surface area contributed by atoms with Crippen LogP contribution < -0.4 is 10.1 Å². The monoisotopic (exact) mass is 422 g/mol. The molecule has 1 amide bonds. The van der Waals surface area contributed by atoms with Gasteiger partial charge in [-0.2, -0.15) is 0 Å². The highest BCUT2D eigenvalue weighted by atomic mass is 79.9. The number of nitrogens with zero attached hydrogens (tertiary/aromatic N) is 1. The molecule has 2 rings (SSSR count). The van der Waals surface area contributed by atoms with Gasteiger partial charge < -0.3 is 10.1 Å². The Morgan fingerprint density at radius 1 is 1.41 bits per heavy atom. The number of hydrogen-bond acceptors (Lipinski definition) is 4. The van der Waals surface area contributed by atoms with E-state index in [1.807, 2.05) is 19.2 Å². The molecule has 1 heterocycles. The normalized spacial score (nSPS) is 10.8. The van der Waals surface area contributed by atoms with Gasteiger partial charge in [0.2, 0.25) is 5.91 Å². The molecule has 2 aromatic rings. The molecule has 0 aliphatic rings. The van der Waals surface area contributed by atoms with E-state index in [-0.39, 0.29) is 17.3 Å². The maximum Gasteiger partial charge on any atom is 0.236 e. The second kappa shape index (κ2) is 7.64. The summed E-state index contributed by atoms with van der Waals surface area (Å²) in [7, 11) is 0. The minimum absolute atomic E-state index is 0.0220. The van der Waals surface area contributed by atoms with Crippen LogP contribution in [0.3, 0.4) is 0 Å². The molecular formula is C14H13BrCl2N2O2S. The van der Waals surface area contributed by atoms with Gasteiger partial charge in [0.15, 0.2) is 10.9 Å². The second-order valence-electron chi connectivity index (χ2n) is 4.66. The van der Waals surface area contributed by atoms with E-state index in [0.29, 0.717) is 26.6 Å². The quantitative estimate of drug-likeness (QED) is 0.669. The van der Waals surface area contributed by atoms with Crippen molar-refractivity contribution >= 4 is 61.5 Å². The first kappa shape index (κ1) is 17.5. The number of halogens is 3. The highest BCUT2D eigenvalue weighted by Crippen LogP contribution is 2.38. The molecule has 0 aliphatic heterocycles. The average molecular weight is 424 g/mol. The van der Waals surface area contributed by atoms with Crippen LogP contribution in [0.15, 0.2) is 17.5 Å². The van der Waals surface area contributed by atoms with Gasteiger partial charge in [-0.3, -0.25) is 4.79 Å². The van der Waals surface area contributed by atoms with Gasteiger partial charge in [-0.25, -0.2) is 4.98 Å². The van der Waals surface area contributed by atoms with Crippen molar-refractivity contribution < 1.29 is 9.53 Å². The third-order valence-electron chi connectivity index (χ3n) is 2.52. The summed E-state index contributed by atoms with van der Waals surface area (Å²) in [5.41, 5.74) is 1.46. The maximum atomic E-state index is 11.3. The van der Waals surface area contributed by atoms with E-state index in [1.54, 1.807) is 12.1 Å². The first-order valence-electron chi connectivity index (χ1n) is 6.38. The van der Waals surface area contributed by atoms with Crippen molar-refractivity contribution in [3.05, 3.63) is 27.6 Å². The molecule has 22 heavy (non-hydrogen) atoms. The highest BCUT2D eigenvalue weighted by Gasteiger charge is 2.14. The first-order valence-corrected chi connectivity index (χ1v) is 9.13. The number of nitrogens with one attached hydrogen (secondary N) is 1. The van der Waals surface area contributed by atoms with E-state index >= 15 is 0 Å².